The summed E-state index contributed by atoms with van der Waals surface area (Å²) in [6.45, 7) is 8.73. The molecule has 0 heterocycles. The third-order valence-corrected chi connectivity index (χ3v) is 2.77. The fraction of sp³-hybridized carbons (Fsp3) is 0.167. The molecule has 0 amide bonds. The van der Waals surface area contributed by atoms with Crippen molar-refractivity contribution in [1.82, 2.24) is 0 Å². The summed E-state index contributed by atoms with van der Waals surface area (Å²) in [6.07, 6.45) is 3.26. The zero-order chi connectivity index (χ0) is 20.1. The number of rotatable bonds is 12. The van der Waals surface area contributed by atoms with Gasteiger partial charge in [0.25, 0.3) is 0 Å². The van der Waals surface area contributed by atoms with Gasteiger partial charge in [-0.05, 0) is 18.2 Å². The van der Waals surface area contributed by atoms with Crippen molar-refractivity contribution < 1.29 is 42.8 Å². The van der Waals surface area contributed by atoms with Crippen LogP contribution in [-0.4, -0.2) is 38.3 Å². The Morgan fingerprint density at radius 3 is 1.11 bits per heavy atom. The zero-order valence-corrected chi connectivity index (χ0v) is 14.4. The third kappa shape index (κ3) is 7.34. The molecule has 0 unspecified atom stereocenters. The maximum Gasteiger partial charge on any atom is 0.341 e. The summed E-state index contributed by atoms with van der Waals surface area (Å²) >= 11 is 0. The largest absolute Gasteiger partial charge is 0.466 e. The first kappa shape index (κ1) is 21.3. The number of carbonyl (C=O) groups is 3. The number of hydrogen-bond donors (Lipinski definition) is 0. The van der Waals surface area contributed by atoms with Crippen LogP contribution in [0.3, 0.4) is 0 Å². The van der Waals surface area contributed by atoms with Crippen molar-refractivity contribution in [3.05, 3.63) is 73.4 Å². The highest BCUT2D eigenvalue weighted by Gasteiger charge is 2.19. The second-order valence-corrected chi connectivity index (χ2v) is 4.45. The molecule has 0 bridgehead atoms. The highest BCUT2D eigenvalue weighted by atomic mass is 16.7. The molecule has 0 radical (unpaired) electrons. The molecule has 1 aromatic carbocycles. The number of benzene rings is 1. The summed E-state index contributed by atoms with van der Waals surface area (Å²) in [6, 6.07) is 3.55. The van der Waals surface area contributed by atoms with Crippen LogP contribution in [0.15, 0.2) is 56.7 Å². The minimum absolute atomic E-state index is 0.0988. The molecule has 0 aliphatic rings. The predicted molar refractivity (Wildman–Crippen MR) is 91.1 cm³/mol. The van der Waals surface area contributed by atoms with Crippen molar-refractivity contribution >= 4 is 17.9 Å². The van der Waals surface area contributed by atoms with Gasteiger partial charge in [0, 0.05) is 0 Å². The Morgan fingerprint density at radius 1 is 0.630 bits per heavy atom. The average Bonchev–Trinajstić information content (AvgIpc) is 2.67. The number of carbonyl (C=O) groups excluding carboxylic acids is 3. The topological polar surface area (TPSA) is 107 Å². The monoisotopic (exact) mass is 378 g/mol. The Kier molecular flexibility index (Phi) is 9.26. The molecule has 0 spiro atoms. The van der Waals surface area contributed by atoms with Gasteiger partial charge < -0.3 is 28.4 Å². The molecule has 27 heavy (non-hydrogen) atoms. The summed E-state index contributed by atoms with van der Waals surface area (Å²) in [5, 5.41) is 0. The Labute approximate surface area is 155 Å². The van der Waals surface area contributed by atoms with E-state index in [1.54, 1.807) is 0 Å². The fourth-order valence-electron chi connectivity index (χ4n) is 1.64. The highest BCUT2D eigenvalue weighted by molar-refractivity contribution is 6.00. The smallest absolute Gasteiger partial charge is 0.341 e. The van der Waals surface area contributed by atoms with Crippen LogP contribution in [0.4, 0.5) is 0 Å². The maximum atomic E-state index is 12.1. The van der Waals surface area contributed by atoms with Crippen molar-refractivity contribution in [2.24, 2.45) is 0 Å². The predicted octanol–water partition coefficient (Wildman–Crippen LogP) is 2.51. The van der Waals surface area contributed by atoms with E-state index in [1.807, 2.05) is 0 Å². The van der Waals surface area contributed by atoms with E-state index in [0.717, 1.165) is 18.8 Å². The van der Waals surface area contributed by atoms with Crippen LogP contribution < -0.4 is 0 Å². The first-order chi connectivity index (χ1) is 13.0. The Balaban J connectivity index is 3.05. The normalized spacial score (nSPS) is 9.33. The SMILES string of the molecule is C=COCOC(=O)c1cc(C(=O)OCOC=C)cc(C(=O)OCOC=C)c1. The summed E-state index contributed by atoms with van der Waals surface area (Å²) in [5.41, 5.74) is -0.296. The first-order valence-electron chi connectivity index (χ1n) is 7.37. The number of esters is 3. The molecule has 0 saturated heterocycles. The molecule has 0 aliphatic carbocycles. The van der Waals surface area contributed by atoms with E-state index >= 15 is 0 Å². The van der Waals surface area contributed by atoms with Crippen molar-refractivity contribution in [2.45, 2.75) is 0 Å². The van der Waals surface area contributed by atoms with Gasteiger partial charge in [0.05, 0.1) is 35.5 Å². The second-order valence-electron chi connectivity index (χ2n) is 4.45. The lowest BCUT2D eigenvalue weighted by atomic mass is 10.1. The average molecular weight is 378 g/mol. The number of ether oxygens (including phenoxy) is 6. The van der Waals surface area contributed by atoms with Gasteiger partial charge in [-0.25, -0.2) is 14.4 Å². The number of hydrogen-bond acceptors (Lipinski definition) is 9. The molecular weight excluding hydrogens is 360 g/mol. The van der Waals surface area contributed by atoms with Gasteiger partial charge >= 0.3 is 17.9 Å². The molecule has 0 N–H and O–H groups in total. The molecular formula is C18H18O9. The van der Waals surface area contributed by atoms with Crippen LogP contribution in [-0.2, 0) is 28.4 Å². The molecule has 0 aliphatic heterocycles. The molecule has 9 heteroatoms. The zero-order valence-electron chi connectivity index (χ0n) is 14.4. The van der Waals surface area contributed by atoms with E-state index < -0.39 is 38.3 Å². The quantitative estimate of drug-likeness (QED) is 0.178. The summed E-state index contributed by atoms with van der Waals surface area (Å²) in [7, 11) is 0. The van der Waals surface area contributed by atoms with Gasteiger partial charge in [-0.15, -0.1) is 0 Å². The molecule has 0 fully saturated rings. The minimum atomic E-state index is -0.842. The molecule has 9 nitrogen and oxygen atoms in total. The van der Waals surface area contributed by atoms with E-state index in [-0.39, 0.29) is 16.7 Å². The van der Waals surface area contributed by atoms with E-state index in [2.05, 4.69) is 19.7 Å². The first-order valence-corrected chi connectivity index (χ1v) is 7.37. The van der Waals surface area contributed by atoms with E-state index in [4.69, 9.17) is 28.4 Å². The molecule has 1 aromatic rings. The molecule has 0 atom stereocenters. The maximum absolute atomic E-state index is 12.1. The van der Waals surface area contributed by atoms with Gasteiger partial charge in [0.15, 0.2) is 0 Å². The van der Waals surface area contributed by atoms with Gasteiger partial charge in [-0.3, -0.25) is 0 Å². The second kappa shape index (κ2) is 11.7. The summed E-state index contributed by atoms with van der Waals surface area (Å²) in [5.74, 6) is -2.53. The van der Waals surface area contributed by atoms with Crippen molar-refractivity contribution in [3.8, 4) is 0 Å². The minimum Gasteiger partial charge on any atom is -0.466 e. The summed E-state index contributed by atoms with van der Waals surface area (Å²) < 4.78 is 28.6. The lowest BCUT2D eigenvalue weighted by Crippen LogP contribution is -2.15. The van der Waals surface area contributed by atoms with Gasteiger partial charge in [-0.1, -0.05) is 19.7 Å². The molecule has 0 aromatic heterocycles. The van der Waals surface area contributed by atoms with Crippen LogP contribution in [0.5, 0.6) is 0 Å². The molecule has 144 valence electrons. The van der Waals surface area contributed by atoms with Crippen LogP contribution in [0.25, 0.3) is 0 Å². The Hall–Kier alpha value is -3.75. The van der Waals surface area contributed by atoms with Crippen LogP contribution in [0, 0.1) is 0 Å². The van der Waals surface area contributed by atoms with Gasteiger partial charge in [0.2, 0.25) is 20.4 Å². The van der Waals surface area contributed by atoms with E-state index in [1.165, 1.54) is 18.2 Å². The van der Waals surface area contributed by atoms with Crippen molar-refractivity contribution in [1.29, 1.82) is 0 Å². The van der Waals surface area contributed by atoms with E-state index in [9.17, 15) is 14.4 Å². The van der Waals surface area contributed by atoms with Crippen LogP contribution in [0.1, 0.15) is 31.1 Å². The van der Waals surface area contributed by atoms with Gasteiger partial charge in [0.1, 0.15) is 0 Å². The highest BCUT2D eigenvalue weighted by Crippen LogP contribution is 2.15. The van der Waals surface area contributed by atoms with Crippen molar-refractivity contribution in [2.75, 3.05) is 20.4 Å². The van der Waals surface area contributed by atoms with Crippen LogP contribution >= 0.6 is 0 Å². The lowest BCUT2D eigenvalue weighted by molar-refractivity contribution is 0.000865. The van der Waals surface area contributed by atoms with E-state index in [0.29, 0.717) is 0 Å². The lowest BCUT2D eigenvalue weighted by Gasteiger charge is -2.10. The van der Waals surface area contributed by atoms with Gasteiger partial charge in [-0.2, -0.15) is 0 Å². The standard InChI is InChI=1S/C18H18O9/c1-4-22-10-25-16(19)13-7-14(17(20)26-11-23-5-2)9-15(8-13)18(21)27-12-24-6-3/h4-9H,1-3,10-12H2. The third-order valence-electron chi connectivity index (χ3n) is 2.77. The fourth-order valence-corrected chi connectivity index (χ4v) is 1.64. The van der Waals surface area contributed by atoms with Crippen LogP contribution in [0.2, 0.25) is 0 Å². The molecule has 1 rings (SSSR count). The molecule has 0 saturated carbocycles. The van der Waals surface area contributed by atoms with Crippen molar-refractivity contribution in [3.63, 3.8) is 0 Å². The Morgan fingerprint density at radius 2 is 0.889 bits per heavy atom. The Bertz CT molecular complexity index is 601. The summed E-state index contributed by atoms with van der Waals surface area (Å²) in [4.78, 5) is 36.2.